The second-order valence-corrected chi connectivity index (χ2v) is 4.96. The van der Waals surface area contributed by atoms with Crippen LogP contribution in [0.5, 0.6) is 5.75 Å². The number of ether oxygens (including phenoxy) is 1. The standard InChI is InChI=1S/C14H18O3/c1-9(2)12-10(5-4-6-11(12)17-3)14(7-8-14)13(15)16/h4-6,9H,7-8H2,1-3H3,(H,15,16). The lowest BCUT2D eigenvalue weighted by Gasteiger charge is -2.20. The highest BCUT2D eigenvalue weighted by Crippen LogP contribution is 2.52. The van der Waals surface area contributed by atoms with Gasteiger partial charge in [-0.05, 0) is 30.4 Å². The van der Waals surface area contributed by atoms with Gasteiger partial charge in [-0.1, -0.05) is 26.0 Å². The molecule has 1 aromatic carbocycles. The molecule has 3 heteroatoms. The van der Waals surface area contributed by atoms with Crippen molar-refractivity contribution < 1.29 is 14.6 Å². The van der Waals surface area contributed by atoms with E-state index in [1.54, 1.807) is 7.11 Å². The highest BCUT2D eigenvalue weighted by Gasteiger charge is 2.53. The lowest BCUT2D eigenvalue weighted by atomic mass is 9.86. The van der Waals surface area contributed by atoms with Gasteiger partial charge in [0.1, 0.15) is 5.75 Å². The van der Waals surface area contributed by atoms with Crippen LogP contribution in [0.4, 0.5) is 0 Å². The molecule has 2 rings (SSSR count). The third kappa shape index (κ3) is 1.79. The van der Waals surface area contributed by atoms with Gasteiger partial charge in [0.05, 0.1) is 12.5 Å². The van der Waals surface area contributed by atoms with Crippen LogP contribution in [0.15, 0.2) is 18.2 Å². The molecule has 0 heterocycles. The molecule has 0 radical (unpaired) electrons. The Hall–Kier alpha value is -1.51. The molecule has 1 aromatic rings. The third-order valence-electron chi connectivity index (χ3n) is 3.54. The minimum atomic E-state index is -0.715. The Morgan fingerprint density at radius 1 is 1.41 bits per heavy atom. The lowest BCUT2D eigenvalue weighted by Crippen LogP contribution is -2.22. The van der Waals surface area contributed by atoms with Crippen LogP contribution in [0.25, 0.3) is 0 Å². The molecule has 0 atom stereocenters. The normalized spacial score (nSPS) is 16.9. The number of hydrogen-bond donors (Lipinski definition) is 1. The SMILES string of the molecule is COc1cccc(C2(C(=O)O)CC2)c1C(C)C. The maximum Gasteiger partial charge on any atom is 0.314 e. The van der Waals surface area contributed by atoms with Crippen molar-refractivity contribution in [3.63, 3.8) is 0 Å². The van der Waals surface area contributed by atoms with E-state index in [-0.39, 0.29) is 5.92 Å². The summed E-state index contributed by atoms with van der Waals surface area (Å²) in [5.74, 6) is 0.343. The molecule has 3 nitrogen and oxygen atoms in total. The Morgan fingerprint density at radius 3 is 2.47 bits per heavy atom. The fourth-order valence-electron chi connectivity index (χ4n) is 2.46. The molecule has 1 aliphatic carbocycles. The maximum absolute atomic E-state index is 11.4. The number of carboxylic acid groups (broad SMARTS) is 1. The van der Waals surface area contributed by atoms with Gasteiger partial charge in [-0.2, -0.15) is 0 Å². The molecule has 1 fully saturated rings. The summed E-state index contributed by atoms with van der Waals surface area (Å²) in [6, 6.07) is 5.71. The molecule has 0 spiro atoms. The molecule has 0 amide bonds. The zero-order valence-corrected chi connectivity index (χ0v) is 10.5. The minimum Gasteiger partial charge on any atom is -0.496 e. The predicted octanol–water partition coefficient (Wildman–Crippen LogP) is 2.93. The van der Waals surface area contributed by atoms with E-state index in [2.05, 4.69) is 13.8 Å². The van der Waals surface area contributed by atoms with E-state index in [0.717, 1.165) is 29.7 Å². The lowest BCUT2D eigenvalue weighted by molar-refractivity contribution is -0.140. The van der Waals surface area contributed by atoms with Crippen molar-refractivity contribution in [1.29, 1.82) is 0 Å². The van der Waals surface area contributed by atoms with Crippen molar-refractivity contribution in [2.75, 3.05) is 7.11 Å². The number of aliphatic carboxylic acids is 1. The second kappa shape index (κ2) is 4.06. The third-order valence-corrected chi connectivity index (χ3v) is 3.54. The van der Waals surface area contributed by atoms with Crippen LogP contribution in [-0.2, 0) is 10.2 Å². The number of methoxy groups -OCH3 is 1. The van der Waals surface area contributed by atoms with Crippen molar-refractivity contribution in [3.8, 4) is 5.75 Å². The Bertz CT molecular complexity index is 445. The summed E-state index contributed by atoms with van der Waals surface area (Å²) in [5.41, 5.74) is 1.31. The van der Waals surface area contributed by atoms with Crippen molar-refractivity contribution in [3.05, 3.63) is 29.3 Å². The maximum atomic E-state index is 11.4. The Morgan fingerprint density at radius 2 is 2.06 bits per heavy atom. The second-order valence-electron chi connectivity index (χ2n) is 4.96. The topological polar surface area (TPSA) is 46.5 Å². The van der Waals surface area contributed by atoms with E-state index >= 15 is 0 Å². The van der Waals surface area contributed by atoms with Gasteiger partial charge in [0.15, 0.2) is 0 Å². The van der Waals surface area contributed by atoms with E-state index in [4.69, 9.17) is 4.74 Å². The molecule has 0 aromatic heterocycles. The molecule has 0 unspecified atom stereocenters. The summed E-state index contributed by atoms with van der Waals surface area (Å²) in [5, 5.41) is 9.39. The Kier molecular flexibility index (Phi) is 2.86. The zero-order chi connectivity index (χ0) is 12.6. The van der Waals surface area contributed by atoms with E-state index in [9.17, 15) is 9.90 Å². The van der Waals surface area contributed by atoms with Crippen LogP contribution in [0.1, 0.15) is 43.7 Å². The van der Waals surface area contributed by atoms with Gasteiger partial charge in [0.25, 0.3) is 0 Å². The van der Waals surface area contributed by atoms with Crippen LogP contribution in [0, 0.1) is 0 Å². The van der Waals surface area contributed by atoms with E-state index in [1.165, 1.54) is 0 Å². The van der Waals surface area contributed by atoms with Gasteiger partial charge in [-0.3, -0.25) is 4.79 Å². The number of rotatable bonds is 4. The van der Waals surface area contributed by atoms with Gasteiger partial charge < -0.3 is 9.84 Å². The molecule has 1 aliphatic rings. The number of benzene rings is 1. The highest BCUT2D eigenvalue weighted by atomic mass is 16.5. The summed E-state index contributed by atoms with van der Waals surface area (Å²) < 4.78 is 5.36. The molecule has 0 saturated heterocycles. The van der Waals surface area contributed by atoms with Crippen LogP contribution in [-0.4, -0.2) is 18.2 Å². The molecule has 0 bridgehead atoms. The summed E-state index contributed by atoms with van der Waals surface area (Å²) >= 11 is 0. The molecule has 0 aliphatic heterocycles. The first-order valence-electron chi connectivity index (χ1n) is 5.93. The summed E-state index contributed by atoms with van der Waals surface area (Å²) in [6.45, 7) is 4.14. The largest absolute Gasteiger partial charge is 0.496 e. The first-order valence-corrected chi connectivity index (χ1v) is 5.93. The Labute approximate surface area is 101 Å². The van der Waals surface area contributed by atoms with Gasteiger partial charge in [-0.15, -0.1) is 0 Å². The van der Waals surface area contributed by atoms with E-state index < -0.39 is 11.4 Å². The van der Waals surface area contributed by atoms with Crippen LogP contribution < -0.4 is 4.74 Å². The fraction of sp³-hybridized carbons (Fsp3) is 0.500. The summed E-state index contributed by atoms with van der Waals surface area (Å²) in [4.78, 5) is 11.4. The molecule has 17 heavy (non-hydrogen) atoms. The number of hydrogen-bond acceptors (Lipinski definition) is 2. The quantitative estimate of drug-likeness (QED) is 0.871. The average Bonchev–Trinajstić information content (AvgIpc) is 3.08. The molecular weight excluding hydrogens is 216 g/mol. The van der Waals surface area contributed by atoms with Gasteiger partial charge >= 0.3 is 5.97 Å². The van der Waals surface area contributed by atoms with Crippen LogP contribution in [0.3, 0.4) is 0 Å². The molecule has 1 N–H and O–H groups in total. The zero-order valence-electron chi connectivity index (χ0n) is 10.5. The van der Waals surface area contributed by atoms with Crippen molar-refractivity contribution in [2.45, 2.75) is 38.0 Å². The average molecular weight is 234 g/mol. The molecular formula is C14H18O3. The first-order chi connectivity index (χ1) is 8.03. The number of carbonyl (C=O) groups is 1. The van der Waals surface area contributed by atoms with Crippen molar-refractivity contribution in [1.82, 2.24) is 0 Å². The van der Waals surface area contributed by atoms with Gasteiger partial charge in [-0.25, -0.2) is 0 Å². The Balaban J connectivity index is 2.58. The van der Waals surface area contributed by atoms with Crippen molar-refractivity contribution in [2.24, 2.45) is 0 Å². The summed E-state index contributed by atoms with van der Waals surface area (Å²) in [7, 11) is 1.63. The smallest absolute Gasteiger partial charge is 0.314 e. The number of carboxylic acids is 1. The summed E-state index contributed by atoms with van der Waals surface area (Å²) in [6.07, 6.45) is 1.46. The van der Waals surface area contributed by atoms with E-state index in [0.29, 0.717) is 0 Å². The highest BCUT2D eigenvalue weighted by molar-refractivity contribution is 5.85. The fourth-order valence-corrected chi connectivity index (χ4v) is 2.46. The van der Waals surface area contributed by atoms with Crippen LogP contribution in [0.2, 0.25) is 0 Å². The van der Waals surface area contributed by atoms with E-state index in [1.807, 2.05) is 18.2 Å². The molecule has 92 valence electrons. The van der Waals surface area contributed by atoms with Gasteiger partial charge in [0.2, 0.25) is 0 Å². The first kappa shape index (κ1) is 12.0. The van der Waals surface area contributed by atoms with Crippen molar-refractivity contribution >= 4 is 5.97 Å². The monoisotopic (exact) mass is 234 g/mol. The van der Waals surface area contributed by atoms with Gasteiger partial charge in [0, 0.05) is 5.56 Å². The predicted molar refractivity (Wildman–Crippen MR) is 65.6 cm³/mol. The minimum absolute atomic E-state index is 0.262. The molecule has 1 saturated carbocycles. The van der Waals surface area contributed by atoms with Crippen LogP contribution >= 0.6 is 0 Å².